The highest BCUT2D eigenvalue weighted by Crippen LogP contribution is 2.36. The molecule has 148 valence electrons. The average molecular weight is 405 g/mol. The quantitative estimate of drug-likeness (QED) is 0.811. The lowest BCUT2D eigenvalue weighted by molar-refractivity contribution is 0.0319. The SMILES string of the molecule is CC1(C)OCC[C@@](C)(c2cc(NC(=O)c3ccc(Cl)cn3)ccc2F)N=C1N. The van der Waals surface area contributed by atoms with Crippen molar-refractivity contribution in [3.63, 3.8) is 0 Å². The molecule has 0 unspecified atom stereocenters. The van der Waals surface area contributed by atoms with Crippen LogP contribution >= 0.6 is 11.6 Å². The molecule has 0 saturated heterocycles. The molecule has 0 fully saturated rings. The summed E-state index contributed by atoms with van der Waals surface area (Å²) in [6, 6.07) is 7.44. The van der Waals surface area contributed by atoms with Gasteiger partial charge in [-0.25, -0.2) is 9.37 Å². The fourth-order valence-electron chi connectivity index (χ4n) is 2.95. The van der Waals surface area contributed by atoms with Gasteiger partial charge >= 0.3 is 0 Å². The Morgan fingerprint density at radius 2 is 2.04 bits per heavy atom. The monoisotopic (exact) mass is 404 g/mol. The van der Waals surface area contributed by atoms with Gasteiger partial charge in [-0.15, -0.1) is 0 Å². The Hall–Kier alpha value is -2.51. The minimum absolute atomic E-state index is 0.202. The van der Waals surface area contributed by atoms with Crippen molar-refractivity contribution in [2.45, 2.75) is 38.3 Å². The van der Waals surface area contributed by atoms with Gasteiger partial charge in [-0.3, -0.25) is 9.79 Å². The molecule has 1 amide bonds. The number of benzene rings is 1. The van der Waals surface area contributed by atoms with Crippen LogP contribution in [0.1, 0.15) is 43.2 Å². The molecule has 0 radical (unpaired) electrons. The molecule has 1 aromatic heterocycles. The molecule has 1 atom stereocenters. The van der Waals surface area contributed by atoms with Gasteiger partial charge in [-0.05, 0) is 51.1 Å². The molecule has 3 rings (SSSR count). The third kappa shape index (κ3) is 4.15. The Morgan fingerprint density at radius 3 is 2.71 bits per heavy atom. The summed E-state index contributed by atoms with van der Waals surface area (Å²) in [4.78, 5) is 20.9. The number of aromatic nitrogens is 1. The van der Waals surface area contributed by atoms with E-state index in [0.29, 0.717) is 35.1 Å². The largest absolute Gasteiger partial charge is 0.385 e. The summed E-state index contributed by atoms with van der Waals surface area (Å²) < 4.78 is 20.4. The number of amides is 1. The second kappa shape index (κ2) is 7.48. The number of hydrogen-bond acceptors (Lipinski definition) is 5. The standard InChI is InChI=1S/C20H22ClFN4O2/c1-19(2)18(23)26-20(3,8-9-28-19)14-10-13(5-6-15(14)22)25-17(27)16-7-4-12(21)11-24-16/h4-7,10-11H,8-9H2,1-3H3,(H2,23,26)(H,25,27)/t20-/m0/s1. The first-order chi connectivity index (χ1) is 13.1. The van der Waals surface area contributed by atoms with Crippen LogP contribution in [0, 0.1) is 5.82 Å². The predicted octanol–water partition coefficient (Wildman–Crippen LogP) is 3.90. The lowest BCUT2D eigenvalue weighted by Crippen LogP contribution is -2.40. The van der Waals surface area contributed by atoms with Gasteiger partial charge in [-0.1, -0.05) is 11.6 Å². The summed E-state index contributed by atoms with van der Waals surface area (Å²) in [6.45, 7) is 5.82. The molecule has 0 aliphatic carbocycles. The Kier molecular flexibility index (Phi) is 5.41. The average Bonchev–Trinajstić information content (AvgIpc) is 2.73. The summed E-state index contributed by atoms with van der Waals surface area (Å²) >= 11 is 5.79. The van der Waals surface area contributed by atoms with Crippen LogP contribution in [0.4, 0.5) is 10.1 Å². The molecule has 0 bridgehead atoms. The maximum Gasteiger partial charge on any atom is 0.274 e. The molecule has 2 heterocycles. The number of rotatable bonds is 3. The molecular formula is C20H22ClFN4O2. The number of halogens is 2. The van der Waals surface area contributed by atoms with E-state index in [1.165, 1.54) is 24.4 Å². The van der Waals surface area contributed by atoms with Crippen LogP contribution in [0.25, 0.3) is 0 Å². The van der Waals surface area contributed by atoms with E-state index in [2.05, 4.69) is 15.3 Å². The lowest BCUT2D eigenvalue weighted by Gasteiger charge is -2.26. The van der Waals surface area contributed by atoms with Gasteiger partial charge in [0.05, 0.1) is 17.2 Å². The number of anilines is 1. The van der Waals surface area contributed by atoms with Crippen molar-refractivity contribution < 1.29 is 13.9 Å². The number of carbonyl (C=O) groups is 1. The van der Waals surface area contributed by atoms with Crippen LogP contribution in [0.2, 0.25) is 5.02 Å². The van der Waals surface area contributed by atoms with E-state index >= 15 is 0 Å². The number of nitrogens with zero attached hydrogens (tertiary/aromatic N) is 2. The zero-order chi connectivity index (χ0) is 20.5. The molecule has 2 aromatic rings. The molecule has 0 saturated carbocycles. The topological polar surface area (TPSA) is 89.6 Å². The maximum absolute atomic E-state index is 14.7. The molecule has 6 nitrogen and oxygen atoms in total. The van der Waals surface area contributed by atoms with Crippen LogP contribution in [0.5, 0.6) is 0 Å². The van der Waals surface area contributed by atoms with Crippen LogP contribution in [-0.2, 0) is 10.3 Å². The first-order valence-electron chi connectivity index (χ1n) is 8.83. The second-order valence-corrected chi connectivity index (χ2v) is 7.83. The van der Waals surface area contributed by atoms with Crippen molar-refractivity contribution in [2.75, 3.05) is 11.9 Å². The fourth-order valence-corrected chi connectivity index (χ4v) is 3.06. The maximum atomic E-state index is 14.7. The molecular weight excluding hydrogens is 383 g/mol. The zero-order valence-electron chi connectivity index (χ0n) is 15.9. The van der Waals surface area contributed by atoms with Crippen LogP contribution in [0.3, 0.4) is 0 Å². The number of nitrogens with two attached hydrogens (primary N) is 1. The minimum Gasteiger partial charge on any atom is -0.385 e. The highest BCUT2D eigenvalue weighted by molar-refractivity contribution is 6.30. The zero-order valence-corrected chi connectivity index (χ0v) is 16.7. The molecule has 0 spiro atoms. The van der Waals surface area contributed by atoms with E-state index in [4.69, 9.17) is 22.1 Å². The lowest BCUT2D eigenvalue weighted by atomic mass is 9.88. The Bertz CT molecular complexity index is 930. The van der Waals surface area contributed by atoms with Gasteiger partial charge in [-0.2, -0.15) is 0 Å². The fraction of sp³-hybridized carbons (Fsp3) is 0.350. The van der Waals surface area contributed by atoms with E-state index in [1.54, 1.807) is 19.1 Å². The molecule has 1 aliphatic heterocycles. The normalized spacial score (nSPS) is 21.5. The summed E-state index contributed by atoms with van der Waals surface area (Å²) in [7, 11) is 0. The van der Waals surface area contributed by atoms with E-state index in [-0.39, 0.29) is 5.69 Å². The van der Waals surface area contributed by atoms with Gasteiger partial charge in [0.1, 0.15) is 22.9 Å². The number of pyridine rings is 1. The van der Waals surface area contributed by atoms with Gasteiger partial charge < -0.3 is 15.8 Å². The van der Waals surface area contributed by atoms with E-state index in [9.17, 15) is 9.18 Å². The predicted molar refractivity (Wildman–Crippen MR) is 107 cm³/mol. The molecule has 3 N–H and O–H groups in total. The Labute approximate surface area is 168 Å². The number of ether oxygens (including phenoxy) is 1. The summed E-state index contributed by atoms with van der Waals surface area (Å²) in [6.07, 6.45) is 1.84. The highest BCUT2D eigenvalue weighted by Gasteiger charge is 2.36. The van der Waals surface area contributed by atoms with Crippen molar-refractivity contribution in [1.82, 2.24) is 4.98 Å². The Morgan fingerprint density at radius 1 is 1.29 bits per heavy atom. The van der Waals surface area contributed by atoms with E-state index < -0.39 is 22.9 Å². The summed E-state index contributed by atoms with van der Waals surface area (Å²) in [5.41, 5.74) is 5.42. The number of amidine groups is 1. The first-order valence-corrected chi connectivity index (χ1v) is 9.21. The first kappa shape index (κ1) is 20.2. The van der Waals surface area contributed by atoms with Crippen molar-refractivity contribution >= 4 is 29.0 Å². The highest BCUT2D eigenvalue weighted by atomic mass is 35.5. The number of aliphatic imine (C=N–C) groups is 1. The Balaban J connectivity index is 1.92. The molecule has 28 heavy (non-hydrogen) atoms. The van der Waals surface area contributed by atoms with Gasteiger partial charge in [0.25, 0.3) is 5.91 Å². The third-order valence-corrected chi connectivity index (χ3v) is 5.02. The van der Waals surface area contributed by atoms with Crippen molar-refractivity contribution in [3.8, 4) is 0 Å². The number of hydrogen-bond donors (Lipinski definition) is 2. The molecule has 1 aromatic carbocycles. The van der Waals surface area contributed by atoms with Crippen LogP contribution in [-0.4, -0.2) is 28.9 Å². The molecule has 8 heteroatoms. The number of carbonyl (C=O) groups excluding carboxylic acids is 1. The van der Waals surface area contributed by atoms with E-state index in [0.717, 1.165) is 0 Å². The third-order valence-electron chi connectivity index (χ3n) is 4.80. The molecule has 1 aliphatic rings. The number of nitrogens with one attached hydrogen (secondary N) is 1. The van der Waals surface area contributed by atoms with Crippen molar-refractivity contribution in [2.24, 2.45) is 10.7 Å². The summed E-state index contributed by atoms with van der Waals surface area (Å²) in [5, 5.41) is 3.16. The van der Waals surface area contributed by atoms with Gasteiger partial charge in [0.2, 0.25) is 0 Å². The van der Waals surface area contributed by atoms with Gasteiger partial charge in [0.15, 0.2) is 0 Å². The van der Waals surface area contributed by atoms with Crippen LogP contribution in [0.15, 0.2) is 41.5 Å². The van der Waals surface area contributed by atoms with Crippen LogP contribution < -0.4 is 11.1 Å². The van der Waals surface area contributed by atoms with Crippen molar-refractivity contribution in [3.05, 3.63) is 58.6 Å². The second-order valence-electron chi connectivity index (χ2n) is 7.39. The minimum atomic E-state index is -0.915. The van der Waals surface area contributed by atoms with Crippen molar-refractivity contribution in [1.29, 1.82) is 0 Å². The van der Waals surface area contributed by atoms with Gasteiger partial charge in [0, 0.05) is 23.9 Å². The smallest absolute Gasteiger partial charge is 0.274 e. The summed E-state index contributed by atoms with van der Waals surface area (Å²) in [5.74, 6) is -0.555. The van der Waals surface area contributed by atoms with E-state index in [1.807, 2.05) is 13.8 Å².